The Balaban J connectivity index is 4.23. The van der Waals surface area contributed by atoms with Gasteiger partial charge in [-0.2, -0.15) is 5.26 Å². The number of rotatable bonds is 0. The molecule has 0 aromatic heterocycles. The quantitative estimate of drug-likeness (QED) is 0.450. The lowest BCUT2D eigenvalue weighted by molar-refractivity contribution is 0.405. The maximum atomic E-state index is 8.40. The zero-order valence-corrected chi connectivity index (χ0v) is 5.97. The largest absolute Gasteiger partial charge is 0.311 e. The molecule has 0 N–H and O–H groups in total. The molecule has 0 saturated heterocycles. The second-order valence-corrected chi connectivity index (χ2v) is 3.03. The van der Waals surface area contributed by atoms with Gasteiger partial charge in [0.1, 0.15) is 0 Å². The van der Waals surface area contributed by atoms with E-state index in [1.54, 1.807) is 0 Å². The van der Waals surface area contributed by atoms with Crippen LogP contribution in [0.1, 0.15) is 20.8 Å². The molecule has 0 aliphatic rings. The van der Waals surface area contributed by atoms with Crippen molar-refractivity contribution in [3.05, 3.63) is 11.4 Å². The standard InChI is InChI=1S/C7H10N2/c1-7(2,3)6(5-8)9-4/h6H,1-3H3. The Bertz CT molecular complexity index is 149. The minimum absolute atomic E-state index is 0.198. The van der Waals surface area contributed by atoms with Crippen LogP contribution in [0.25, 0.3) is 4.85 Å². The van der Waals surface area contributed by atoms with Crippen LogP contribution < -0.4 is 0 Å². The van der Waals surface area contributed by atoms with Crippen LogP contribution in [0.4, 0.5) is 0 Å². The summed E-state index contributed by atoms with van der Waals surface area (Å²) in [5.74, 6) is 0. The van der Waals surface area contributed by atoms with Gasteiger partial charge in [-0.3, -0.25) is 4.85 Å². The van der Waals surface area contributed by atoms with E-state index in [1.165, 1.54) is 0 Å². The third-order valence-corrected chi connectivity index (χ3v) is 1.07. The highest BCUT2D eigenvalue weighted by Gasteiger charge is 2.28. The van der Waals surface area contributed by atoms with E-state index in [1.807, 2.05) is 26.8 Å². The van der Waals surface area contributed by atoms with Crippen LogP contribution in [-0.4, -0.2) is 6.04 Å². The lowest BCUT2D eigenvalue weighted by atomic mass is 9.88. The number of hydrogen-bond donors (Lipinski definition) is 0. The summed E-state index contributed by atoms with van der Waals surface area (Å²) >= 11 is 0. The van der Waals surface area contributed by atoms with Crippen molar-refractivity contribution < 1.29 is 0 Å². The third-order valence-electron chi connectivity index (χ3n) is 1.07. The fraction of sp³-hybridized carbons (Fsp3) is 0.714. The first-order valence-corrected chi connectivity index (χ1v) is 2.78. The summed E-state index contributed by atoms with van der Waals surface area (Å²) in [6.07, 6.45) is 0. The summed E-state index contributed by atoms with van der Waals surface area (Å²) < 4.78 is 0. The monoisotopic (exact) mass is 122 g/mol. The van der Waals surface area contributed by atoms with Gasteiger partial charge in [0.05, 0.1) is 5.41 Å². The smallest absolute Gasteiger partial charge is 0.297 e. The van der Waals surface area contributed by atoms with Crippen LogP contribution in [0.5, 0.6) is 0 Å². The lowest BCUT2D eigenvalue weighted by Crippen LogP contribution is -2.20. The Morgan fingerprint density at radius 2 is 2.00 bits per heavy atom. The SMILES string of the molecule is [C-]#[N+]C(C#N)C(C)(C)C. The average molecular weight is 122 g/mol. The van der Waals surface area contributed by atoms with Crippen molar-refractivity contribution in [1.82, 2.24) is 0 Å². The minimum Gasteiger partial charge on any atom is -0.297 e. The van der Waals surface area contributed by atoms with Gasteiger partial charge in [-0.25, -0.2) is 6.57 Å². The molecular formula is C7H10N2. The normalized spacial score (nSPS) is 13.4. The fourth-order valence-corrected chi connectivity index (χ4v) is 0.416. The van der Waals surface area contributed by atoms with E-state index in [9.17, 15) is 0 Å². The lowest BCUT2D eigenvalue weighted by Gasteiger charge is -2.13. The van der Waals surface area contributed by atoms with Gasteiger partial charge in [-0.05, 0) is 0 Å². The van der Waals surface area contributed by atoms with Crippen molar-refractivity contribution in [2.45, 2.75) is 26.8 Å². The predicted molar refractivity (Wildman–Crippen MR) is 35.5 cm³/mol. The molecule has 0 aromatic rings. The molecular weight excluding hydrogens is 112 g/mol. The molecule has 0 aromatic carbocycles. The van der Waals surface area contributed by atoms with Crippen LogP contribution in [-0.2, 0) is 0 Å². The molecule has 1 unspecified atom stereocenters. The van der Waals surface area contributed by atoms with Crippen LogP contribution >= 0.6 is 0 Å². The molecule has 0 spiro atoms. The fourth-order valence-electron chi connectivity index (χ4n) is 0.416. The van der Waals surface area contributed by atoms with Crippen molar-refractivity contribution in [2.75, 3.05) is 0 Å². The van der Waals surface area contributed by atoms with Gasteiger partial charge in [0.15, 0.2) is 6.07 Å². The van der Waals surface area contributed by atoms with E-state index in [0.717, 1.165) is 0 Å². The van der Waals surface area contributed by atoms with Crippen molar-refractivity contribution >= 4 is 0 Å². The summed E-state index contributed by atoms with van der Waals surface area (Å²) in [6.45, 7) is 12.3. The van der Waals surface area contributed by atoms with E-state index in [-0.39, 0.29) is 5.41 Å². The highest BCUT2D eigenvalue weighted by atomic mass is 14.7. The summed E-state index contributed by atoms with van der Waals surface area (Å²) in [4.78, 5) is 3.17. The predicted octanol–water partition coefficient (Wildman–Crippen LogP) is 1.84. The van der Waals surface area contributed by atoms with Crippen molar-refractivity contribution in [3.8, 4) is 6.07 Å². The van der Waals surface area contributed by atoms with Crippen molar-refractivity contribution in [2.24, 2.45) is 5.41 Å². The first-order chi connectivity index (χ1) is 4.02. The van der Waals surface area contributed by atoms with Gasteiger partial charge in [-0.1, -0.05) is 20.8 Å². The summed E-state index contributed by atoms with van der Waals surface area (Å²) in [5.41, 5.74) is -0.198. The van der Waals surface area contributed by atoms with Crippen molar-refractivity contribution in [1.29, 1.82) is 5.26 Å². The van der Waals surface area contributed by atoms with Gasteiger partial charge in [0.25, 0.3) is 0 Å². The van der Waals surface area contributed by atoms with Gasteiger partial charge < -0.3 is 0 Å². The molecule has 48 valence electrons. The Morgan fingerprint density at radius 1 is 1.56 bits per heavy atom. The number of hydrogen-bond acceptors (Lipinski definition) is 1. The van der Waals surface area contributed by atoms with Gasteiger partial charge in [0.2, 0.25) is 0 Å². The minimum atomic E-state index is -0.502. The molecule has 0 amide bonds. The van der Waals surface area contributed by atoms with E-state index in [0.29, 0.717) is 0 Å². The number of nitriles is 1. The first kappa shape index (κ1) is 7.98. The topological polar surface area (TPSA) is 28.1 Å². The summed E-state index contributed by atoms with van der Waals surface area (Å²) in [7, 11) is 0. The van der Waals surface area contributed by atoms with Crippen LogP contribution in [0.15, 0.2) is 0 Å². The number of nitrogens with zero attached hydrogens (tertiary/aromatic N) is 2. The van der Waals surface area contributed by atoms with E-state index in [4.69, 9.17) is 11.8 Å². The maximum Gasteiger partial charge on any atom is 0.311 e. The third kappa shape index (κ3) is 2.15. The molecule has 0 heterocycles. The molecule has 0 aliphatic carbocycles. The van der Waals surface area contributed by atoms with Crippen LogP contribution in [0.3, 0.4) is 0 Å². The molecule has 9 heavy (non-hydrogen) atoms. The Morgan fingerprint density at radius 3 is 2.00 bits per heavy atom. The Kier molecular flexibility index (Phi) is 2.22. The molecule has 0 aliphatic heterocycles. The molecule has 0 bridgehead atoms. The molecule has 0 fully saturated rings. The molecule has 1 atom stereocenters. The van der Waals surface area contributed by atoms with Gasteiger partial charge in [-0.15, -0.1) is 0 Å². The van der Waals surface area contributed by atoms with E-state index in [2.05, 4.69) is 4.85 Å². The highest BCUT2D eigenvalue weighted by molar-refractivity contribution is 5.05. The second kappa shape index (κ2) is 2.51. The van der Waals surface area contributed by atoms with Crippen LogP contribution in [0.2, 0.25) is 0 Å². The average Bonchev–Trinajstić information content (AvgIpc) is 1.65. The van der Waals surface area contributed by atoms with Gasteiger partial charge >= 0.3 is 6.04 Å². The first-order valence-electron chi connectivity index (χ1n) is 2.78. The summed E-state index contributed by atoms with van der Waals surface area (Å²) in [6, 6.07) is 1.44. The molecule has 0 rings (SSSR count). The Labute approximate surface area is 55.9 Å². The maximum absolute atomic E-state index is 8.40. The molecule has 0 radical (unpaired) electrons. The molecule has 2 heteroatoms. The van der Waals surface area contributed by atoms with E-state index < -0.39 is 6.04 Å². The zero-order valence-electron chi connectivity index (χ0n) is 5.97. The van der Waals surface area contributed by atoms with Gasteiger partial charge in [0, 0.05) is 0 Å². The second-order valence-electron chi connectivity index (χ2n) is 3.03. The Hall–Kier alpha value is -1.02. The van der Waals surface area contributed by atoms with Crippen molar-refractivity contribution in [3.63, 3.8) is 0 Å². The van der Waals surface area contributed by atoms with E-state index >= 15 is 0 Å². The highest BCUT2D eigenvalue weighted by Crippen LogP contribution is 2.20. The summed E-state index contributed by atoms with van der Waals surface area (Å²) in [5, 5.41) is 8.40. The molecule has 0 saturated carbocycles. The van der Waals surface area contributed by atoms with Crippen LogP contribution in [0, 0.1) is 23.3 Å². The zero-order chi connectivity index (χ0) is 7.49. The molecule has 2 nitrogen and oxygen atoms in total.